The van der Waals surface area contributed by atoms with Crippen LogP contribution in [-0.2, 0) is 20.0 Å². The third-order valence-electron chi connectivity index (χ3n) is 2.06. The van der Waals surface area contributed by atoms with Gasteiger partial charge >= 0.3 is 0 Å². The number of thiophene rings is 1. The minimum absolute atomic E-state index is 0.742. The maximum absolute atomic E-state index is 4.19. The molecular formula is C10H14N4S. The van der Waals surface area contributed by atoms with E-state index in [1.165, 1.54) is 4.88 Å². The summed E-state index contributed by atoms with van der Waals surface area (Å²) in [5.74, 6) is 0.851. The van der Waals surface area contributed by atoms with E-state index in [0.717, 1.165) is 25.3 Å². The summed E-state index contributed by atoms with van der Waals surface area (Å²) >= 11 is 1.80. The molecule has 0 aromatic carbocycles. The van der Waals surface area contributed by atoms with Gasteiger partial charge in [-0.15, -0.1) is 11.3 Å². The second-order valence-corrected chi connectivity index (χ2v) is 4.37. The number of nitrogens with one attached hydrogen (secondary N) is 1. The summed E-state index contributed by atoms with van der Waals surface area (Å²) in [6, 6.07) is 4.24. The van der Waals surface area contributed by atoms with E-state index in [2.05, 4.69) is 32.9 Å². The van der Waals surface area contributed by atoms with Crippen LogP contribution in [0.2, 0.25) is 0 Å². The van der Waals surface area contributed by atoms with Crippen molar-refractivity contribution in [2.75, 3.05) is 6.54 Å². The Morgan fingerprint density at radius 1 is 1.53 bits per heavy atom. The van der Waals surface area contributed by atoms with Crippen LogP contribution in [0.1, 0.15) is 10.7 Å². The van der Waals surface area contributed by atoms with Crippen molar-refractivity contribution >= 4 is 11.3 Å². The summed E-state index contributed by atoms with van der Waals surface area (Å²) in [4.78, 5) is 5.56. The molecule has 0 unspecified atom stereocenters. The molecule has 5 heteroatoms. The molecule has 0 radical (unpaired) electrons. The van der Waals surface area contributed by atoms with Gasteiger partial charge in [-0.25, -0.2) is 4.98 Å². The lowest BCUT2D eigenvalue weighted by Crippen LogP contribution is -2.17. The quantitative estimate of drug-likeness (QED) is 0.773. The predicted octanol–water partition coefficient (Wildman–Crippen LogP) is 1.21. The van der Waals surface area contributed by atoms with Crippen LogP contribution >= 0.6 is 11.3 Å². The highest BCUT2D eigenvalue weighted by Gasteiger charge is 1.98. The van der Waals surface area contributed by atoms with Crippen molar-refractivity contribution in [3.63, 3.8) is 0 Å². The first-order chi connectivity index (χ1) is 7.34. The van der Waals surface area contributed by atoms with Crippen LogP contribution < -0.4 is 5.32 Å². The number of aromatic nitrogens is 3. The number of hydrogen-bond acceptors (Lipinski definition) is 4. The standard InChI is InChI=1S/C10H14N4S/c1-14-8-12-10(13-14)7-11-5-4-9-3-2-6-15-9/h2-3,6,8,11H,4-5,7H2,1H3. The van der Waals surface area contributed by atoms with Gasteiger partial charge in [-0.2, -0.15) is 5.10 Å². The van der Waals surface area contributed by atoms with Crippen molar-refractivity contribution in [2.45, 2.75) is 13.0 Å². The van der Waals surface area contributed by atoms with E-state index in [1.807, 2.05) is 7.05 Å². The highest BCUT2D eigenvalue weighted by molar-refractivity contribution is 7.09. The molecule has 0 aliphatic heterocycles. The maximum atomic E-state index is 4.19. The number of hydrogen-bond donors (Lipinski definition) is 1. The van der Waals surface area contributed by atoms with Crippen LogP contribution in [0.5, 0.6) is 0 Å². The lowest BCUT2D eigenvalue weighted by atomic mass is 10.3. The van der Waals surface area contributed by atoms with E-state index in [0.29, 0.717) is 0 Å². The van der Waals surface area contributed by atoms with Gasteiger partial charge in [-0.05, 0) is 17.9 Å². The molecule has 15 heavy (non-hydrogen) atoms. The van der Waals surface area contributed by atoms with Gasteiger partial charge in [0.05, 0.1) is 6.54 Å². The molecule has 0 aliphatic rings. The molecule has 0 saturated heterocycles. The molecule has 0 amide bonds. The van der Waals surface area contributed by atoms with Crippen LogP contribution in [0.4, 0.5) is 0 Å². The van der Waals surface area contributed by atoms with Gasteiger partial charge in [0.15, 0.2) is 5.82 Å². The van der Waals surface area contributed by atoms with Crippen molar-refractivity contribution < 1.29 is 0 Å². The Morgan fingerprint density at radius 3 is 3.13 bits per heavy atom. The fourth-order valence-corrected chi connectivity index (χ4v) is 2.04. The SMILES string of the molecule is Cn1cnc(CNCCc2cccs2)n1. The van der Waals surface area contributed by atoms with E-state index in [1.54, 1.807) is 22.3 Å². The van der Waals surface area contributed by atoms with Gasteiger partial charge < -0.3 is 5.32 Å². The van der Waals surface area contributed by atoms with Crippen LogP contribution in [0, 0.1) is 0 Å². The number of aryl methyl sites for hydroxylation is 1. The van der Waals surface area contributed by atoms with E-state index in [4.69, 9.17) is 0 Å². The molecule has 2 heterocycles. The average molecular weight is 222 g/mol. The van der Waals surface area contributed by atoms with Crippen molar-refractivity contribution in [1.82, 2.24) is 20.1 Å². The molecule has 0 saturated carbocycles. The van der Waals surface area contributed by atoms with E-state index >= 15 is 0 Å². The third kappa shape index (κ3) is 3.14. The second-order valence-electron chi connectivity index (χ2n) is 3.34. The lowest BCUT2D eigenvalue weighted by Gasteiger charge is -1.99. The van der Waals surface area contributed by atoms with Crippen molar-refractivity contribution in [2.24, 2.45) is 7.05 Å². The Balaban J connectivity index is 1.67. The van der Waals surface area contributed by atoms with Gasteiger partial charge in [0, 0.05) is 18.5 Å². The molecular weight excluding hydrogens is 208 g/mol. The summed E-state index contributed by atoms with van der Waals surface area (Å²) in [7, 11) is 1.88. The fraction of sp³-hybridized carbons (Fsp3) is 0.400. The zero-order chi connectivity index (χ0) is 10.5. The Hall–Kier alpha value is -1.20. The van der Waals surface area contributed by atoms with Crippen LogP contribution in [0.25, 0.3) is 0 Å². The highest BCUT2D eigenvalue weighted by atomic mass is 32.1. The molecule has 1 N–H and O–H groups in total. The summed E-state index contributed by atoms with van der Waals surface area (Å²) in [6.45, 7) is 1.71. The van der Waals surface area contributed by atoms with Crippen LogP contribution in [0.15, 0.2) is 23.8 Å². The van der Waals surface area contributed by atoms with Crippen molar-refractivity contribution in [1.29, 1.82) is 0 Å². The molecule has 0 fully saturated rings. The largest absolute Gasteiger partial charge is 0.309 e. The molecule has 0 atom stereocenters. The topological polar surface area (TPSA) is 42.7 Å². The zero-order valence-corrected chi connectivity index (χ0v) is 9.50. The van der Waals surface area contributed by atoms with Gasteiger partial charge in [-0.3, -0.25) is 4.68 Å². The Bertz CT molecular complexity index is 393. The normalized spacial score (nSPS) is 10.7. The first kappa shape index (κ1) is 10.3. The second kappa shape index (κ2) is 5.04. The summed E-state index contributed by atoms with van der Waals surface area (Å²) < 4.78 is 1.72. The Kier molecular flexibility index (Phi) is 3.47. The van der Waals surface area contributed by atoms with Gasteiger partial charge in [0.1, 0.15) is 6.33 Å². The maximum Gasteiger partial charge on any atom is 0.164 e. The van der Waals surface area contributed by atoms with Gasteiger partial charge in [0.2, 0.25) is 0 Å². The smallest absolute Gasteiger partial charge is 0.164 e. The van der Waals surface area contributed by atoms with E-state index in [-0.39, 0.29) is 0 Å². The molecule has 4 nitrogen and oxygen atoms in total. The van der Waals surface area contributed by atoms with Crippen molar-refractivity contribution in [3.05, 3.63) is 34.5 Å². The van der Waals surface area contributed by atoms with E-state index in [9.17, 15) is 0 Å². The first-order valence-electron chi connectivity index (χ1n) is 4.92. The lowest BCUT2D eigenvalue weighted by molar-refractivity contribution is 0.649. The first-order valence-corrected chi connectivity index (χ1v) is 5.80. The highest BCUT2D eigenvalue weighted by Crippen LogP contribution is 2.07. The fourth-order valence-electron chi connectivity index (χ4n) is 1.33. The molecule has 0 spiro atoms. The molecule has 2 aromatic rings. The molecule has 0 bridgehead atoms. The summed E-state index contributed by atoms with van der Waals surface area (Å²) in [5, 5.41) is 9.62. The minimum atomic E-state index is 0.742. The Labute approximate surface area is 93.0 Å². The zero-order valence-electron chi connectivity index (χ0n) is 8.68. The molecule has 0 aliphatic carbocycles. The van der Waals surface area contributed by atoms with Crippen LogP contribution in [-0.4, -0.2) is 21.3 Å². The molecule has 2 rings (SSSR count). The Morgan fingerprint density at radius 2 is 2.47 bits per heavy atom. The molecule has 80 valence electrons. The minimum Gasteiger partial charge on any atom is -0.309 e. The molecule has 2 aromatic heterocycles. The summed E-state index contributed by atoms with van der Waals surface area (Å²) in [5.41, 5.74) is 0. The number of nitrogens with zero attached hydrogens (tertiary/aromatic N) is 3. The predicted molar refractivity (Wildman–Crippen MR) is 60.7 cm³/mol. The number of rotatable bonds is 5. The summed E-state index contributed by atoms with van der Waals surface area (Å²) in [6.07, 6.45) is 2.79. The van der Waals surface area contributed by atoms with Crippen LogP contribution in [0.3, 0.4) is 0 Å². The van der Waals surface area contributed by atoms with E-state index < -0.39 is 0 Å². The average Bonchev–Trinajstić information content (AvgIpc) is 2.84. The van der Waals surface area contributed by atoms with Crippen molar-refractivity contribution in [3.8, 4) is 0 Å². The van der Waals surface area contributed by atoms with Gasteiger partial charge in [0.25, 0.3) is 0 Å². The third-order valence-corrected chi connectivity index (χ3v) is 2.99. The van der Waals surface area contributed by atoms with Gasteiger partial charge in [-0.1, -0.05) is 6.07 Å². The monoisotopic (exact) mass is 222 g/mol.